The summed E-state index contributed by atoms with van der Waals surface area (Å²) >= 11 is 1.53. The van der Waals surface area contributed by atoms with Crippen molar-refractivity contribution in [1.82, 2.24) is 9.88 Å². The number of morpholine rings is 1. The fourth-order valence-electron chi connectivity index (χ4n) is 1.88. The van der Waals surface area contributed by atoms with Crippen LogP contribution in [-0.4, -0.2) is 55.2 Å². The molecule has 2 N–H and O–H groups in total. The van der Waals surface area contributed by atoms with E-state index >= 15 is 0 Å². The maximum Gasteiger partial charge on any atom is 0.242 e. The van der Waals surface area contributed by atoms with Gasteiger partial charge in [0.15, 0.2) is 0 Å². The molecule has 0 aromatic carbocycles. The van der Waals surface area contributed by atoms with Gasteiger partial charge in [0.25, 0.3) is 0 Å². The summed E-state index contributed by atoms with van der Waals surface area (Å²) in [5, 5.41) is 2.80. The molecule has 0 radical (unpaired) electrons. The molecule has 0 aliphatic carbocycles. The van der Waals surface area contributed by atoms with Crippen LogP contribution in [0, 0.1) is 0 Å². The standard InChI is InChI=1S/C11H17N3O3S/c1-16-7-8(12)11(15)14-3-4-17-9(6-14)10-13-2-5-18-10/h2,5,8-9H,3-4,6-7,12H2,1H3. The first-order valence-electron chi connectivity index (χ1n) is 5.76. The van der Waals surface area contributed by atoms with E-state index in [4.69, 9.17) is 15.2 Å². The van der Waals surface area contributed by atoms with Gasteiger partial charge in [-0.25, -0.2) is 4.98 Å². The van der Waals surface area contributed by atoms with Crippen molar-refractivity contribution in [2.75, 3.05) is 33.4 Å². The molecule has 6 nitrogen and oxygen atoms in total. The molecule has 2 atom stereocenters. The van der Waals surface area contributed by atoms with E-state index in [-0.39, 0.29) is 18.6 Å². The van der Waals surface area contributed by atoms with Crippen molar-refractivity contribution in [3.8, 4) is 0 Å². The number of carbonyl (C=O) groups excluding carboxylic acids is 1. The molecule has 1 amide bonds. The largest absolute Gasteiger partial charge is 0.383 e. The van der Waals surface area contributed by atoms with E-state index in [1.165, 1.54) is 18.4 Å². The van der Waals surface area contributed by atoms with Crippen molar-refractivity contribution in [1.29, 1.82) is 0 Å². The molecule has 1 fully saturated rings. The number of hydrogen-bond donors (Lipinski definition) is 1. The molecular weight excluding hydrogens is 254 g/mol. The highest BCUT2D eigenvalue weighted by molar-refractivity contribution is 7.09. The molecule has 0 bridgehead atoms. The van der Waals surface area contributed by atoms with Crippen LogP contribution in [0.25, 0.3) is 0 Å². The number of nitrogens with two attached hydrogens (primary N) is 1. The summed E-state index contributed by atoms with van der Waals surface area (Å²) < 4.78 is 10.5. The van der Waals surface area contributed by atoms with E-state index < -0.39 is 6.04 Å². The van der Waals surface area contributed by atoms with Crippen LogP contribution in [0.1, 0.15) is 11.1 Å². The van der Waals surface area contributed by atoms with Crippen LogP contribution in [0.2, 0.25) is 0 Å². The first kappa shape index (κ1) is 13.4. The minimum atomic E-state index is -0.606. The predicted octanol–water partition coefficient (Wildman–Crippen LogP) is 0.0167. The van der Waals surface area contributed by atoms with E-state index in [0.29, 0.717) is 19.7 Å². The van der Waals surface area contributed by atoms with E-state index in [1.807, 2.05) is 5.38 Å². The molecule has 2 rings (SSSR count). The van der Waals surface area contributed by atoms with Crippen LogP contribution in [-0.2, 0) is 14.3 Å². The van der Waals surface area contributed by atoms with Crippen molar-refractivity contribution >= 4 is 17.2 Å². The Labute approximate surface area is 110 Å². The Hall–Kier alpha value is -1.02. The second-order valence-corrected chi connectivity index (χ2v) is 5.00. The lowest BCUT2D eigenvalue weighted by atomic mass is 10.2. The molecule has 1 aromatic heterocycles. The average molecular weight is 271 g/mol. The third-order valence-electron chi connectivity index (χ3n) is 2.77. The van der Waals surface area contributed by atoms with Gasteiger partial charge in [0.05, 0.1) is 19.8 Å². The van der Waals surface area contributed by atoms with E-state index in [9.17, 15) is 4.79 Å². The number of ether oxygens (including phenoxy) is 2. The highest BCUT2D eigenvalue weighted by Gasteiger charge is 2.29. The van der Waals surface area contributed by atoms with E-state index in [1.54, 1.807) is 11.1 Å². The Kier molecular flexibility index (Phi) is 4.65. The fourth-order valence-corrected chi connectivity index (χ4v) is 2.55. The zero-order valence-corrected chi connectivity index (χ0v) is 11.1. The first-order valence-corrected chi connectivity index (χ1v) is 6.64. The minimum Gasteiger partial charge on any atom is -0.383 e. The third-order valence-corrected chi connectivity index (χ3v) is 3.64. The lowest BCUT2D eigenvalue weighted by Gasteiger charge is -2.33. The van der Waals surface area contributed by atoms with Crippen LogP contribution < -0.4 is 5.73 Å². The van der Waals surface area contributed by atoms with Crippen molar-refractivity contribution in [2.45, 2.75) is 12.1 Å². The van der Waals surface area contributed by atoms with Gasteiger partial charge in [0.2, 0.25) is 5.91 Å². The molecular formula is C11H17N3O3S. The topological polar surface area (TPSA) is 77.7 Å². The van der Waals surface area contributed by atoms with Gasteiger partial charge < -0.3 is 20.1 Å². The van der Waals surface area contributed by atoms with Gasteiger partial charge in [-0.3, -0.25) is 4.79 Å². The number of aromatic nitrogens is 1. The van der Waals surface area contributed by atoms with Gasteiger partial charge in [-0.15, -0.1) is 11.3 Å². The van der Waals surface area contributed by atoms with Gasteiger partial charge in [-0.05, 0) is 0 Å². The van der Waals surface area contributed by atoms with Crippen LogP contribution >= 0.6 is 11.3 Å². The summed E-state index contributed by atoms with van der Waals surface area (Å²) in [5.41, 5.74) is 5.75. The minimum absolute atomic E-state index is 0.0956. The van der Waals surface area contributed by atoms with Crippen molar-refractivity contribution in [3.05, 3.63) is 16.6 Å². The Morgan fingerprint density at radius 3 is 3.33 bits per heavy atom. The van der Waals surface area contributed by atoms with Gasteiger partial charge in [-0.1, -0.05) is 0 Å². The van der Waals surface area contributed by atoms with Crippen LogP contribution in [0.5, 0.6) is 0 Å². The quantitative estimate of drug-likeness (QED) is 0.835. The number of methoxy groups -OCH3 is 1. The van der Waals surface area contributed by atoms with E-state index in [0.717, 1.165) is 5.01 Å². The lowest BCUT2D eigenvalue weighted by molar-refractivity contribution is -0.141. The molecule has 1 aromatic rings. The lowest BCUT2D eigenvalue weighted by Crippen LogP contribution is -2.50. The molecule has 2 unspecified atom stereocenters. The second-order valence-electron chi connectivity index (χ2n) is 4.08. The van der Waals surface area contributed by atoms with Gasteiger partial charge in [-0.2, -0.15) is 0 Å². The summed E-state index contributed by atoms with van der Waals surface area (Å²) in [5.74, 6) is -0.0956. The summed E-state index contributed by atoms with van der Waals surface area (Å²) in [7, 11) is 1.53. The molecule has 18 heavy (non-hydrogen) atoms. The monoisotopic (exact) mass is 271 g/mol. The van der Waals surface area contributed by atoms with Crippen LogP contribution in [0.15, 0.2) is 11.6 Å². The zero-order chi connectivity index (χ0) is 13.0. The number of nitrogens with zero attached hydrogens (tertiary/aromatic N) is 2. The number of amides is 1. The van der Waals surface area contributed by atoms with Crippen LogP contribution in [0.3, 0.4) is 0 Å². The third kappa shape index (κ3) is 3.05. The maximum atomic E-state index is 12.1. The van der Waals surface area contributed by atoms with Gasteiger partial charge in [0.1, 0.15) is 17.2 Å². The number of rotatable bonds is 4. The fraction of sp³-hybridized carbons (Fsp3) is 0.636. The summed E-state index contributed by atoms with van der Waals surface area (Å²) in [6.45, 7) is 1.82. The Balaban J connectivity index is 1.96. The Morgan fingerprint density at radius 2 is 2.67 bits per heavy atom. The second kappa shape index (κ2) is 6.24. The van der Waals surface area contributed by atoms with E-state index in [2.05, 4.69) is 4.98 Å². The van der Waals surface area contributed by atoms with Crippen molar-refractivity contribution < 1.29 is 14.3 Å². The number of thiazole rings is 1. The number of hydrogen-bond acceptors (Lipinski definition) is 6. The molecule has 7 heteroatoms. The van der Waals surface area contributed by atoms with Crippen molar-refractivity contribution in [3.63, 3.8) is 0 Å². The van der Waals surface area contributed by atoms with Crippen molar-refractivity contribution in [2.24, 2.45) is 5.73 Å². The Morgan fingerprint density at radius 1 is 1.83 bits per heavy atom. The predicted molar refractivity (Wildman–Crippen MR) is 67.2 cm³/mol. The SMILES string of the molecule is COCC(N)C(=O)N1CCOC(c2nccs2)C1. The average Bonchev–Trinajstić information content (AvgIpc) is 2.92. The molecule has 1 aliphatic rings. The zero-order valence-electron chi connectivity index (χ0n) is 10.2. The smallest absolute Gasteiger partial charge is 0.242 e. The molecule has 0 spiro atoms. The van der Waals surface area contributed by atoms with Gasteiger partial charge in [0, 0.05) is 25.2 Å². The van der Waals surface area contributed by atoms with Crippen LogP contribution in [0.4, 0.5) is 0 Å². The molecule has 1 saturated heterocycles. The normalized spacial score (nSPS) is 21.9. The molecule has 0 saturated carbocycles. The molecule has 2 heterocycles. The van der Waals surface area contributed by atoms with Gasteiger partial charge >= 0.3 is 0 Å². The maximum absolute atomic E-state index is 12.1. The Bertz CT molecular complexity index is 385. The highest BCUT2D eigenvalue weighted by Crippen LogP contribution is 2.23. The number of carbonyl (C=O) groups is 1. The summed E-state index contributed by atoms with van der Waals surface area (Å²) in [6.07, 6.45) is 1.60. The highest BCUT2D eigenvalue weighted by atomic mass is 32.1. The summed E-state index contributed by atoms with van der Waals surface area (Å²) in [6, 6.07) is -0.606. The molecule has 1 aliphatic heterocycles. The summed E-state index contributed by atoms with van der Waals surface area (Å²) in [4.78, 5) is 18.0. The molecule has 100 valence electrons. The first-order chi connectivity index (χ1) is 8.72.